The molecule has 76 valence electrons. The first-order valence-electron chi connectivity index (χ1n) is 4.52. The largest absolute Gasteiger partial charge is 0.303 e. The van der Waals surface area contributed by atoms with Crippen molar-refractivity contribution in [3.63, 3.8) is 0 Å². The zero-order valence-corrected chi connectivity index (χ0v) is 8.72. The number of rotatable bonds is 4. The Bertz CT molecular complexity index is 325. The SMILES string of the molecule is CC(C=O)CCc1cc(Cl)ccc1F. The maximum absolute atomic E-state index is 13.2. The fraction of sp³-hybridized carbons (Fsp3) is 0.364. The number of halogens is 2. The van der Waals surface area contributed by atoms with Gasteiger partial charge in [0.25, 0.3) is 0 Å². The molecule has 1 rings (SSSR count). The lowest BCUT2D eigenvalue weighted by Crippen LogP contribution is -1.99. The third-order valence-corrected chi connectivity index (χ3v) is 2.34. The Morgan fingerprint density at radius 1 is 1.57 bits per heavy atom. The van der Waals surface area contributed by atoms with E-state index >= 15 is 0 Å². The van der Waals surface area contributed by atoms with Crippen molar-refractivity contribution in [3.05, 3.63) is 34.6 Å². The molecule has 1 aromatic rings. The summed E-state index contributed by atoms with van der Waals surface area (Å²) in [5.74, 6) is -0.291. The lowest BCUT2D eigenvalue weighted by Gasteiger charge is -2.05. The van der Waals surface area contributed by atoms with Crippen LogP contribution in [0.5, 0.6) is 0 Å². The quantitative estimate of drug-likeness (QED) is 0.704. The molecule has 1 nitrogen and oxygen atoms in total. The summed E-state index contributed by atoms with van der Waals surface area (Å²) in [4.78, 5) is 10.4. The summed E-state index contributed by atoms with van der Waals surface area (Å²) in [5.41, 5.74) is 0.575. The number of hydrogen-bond donors (Lipinski definition) is 0. The van der Waals surface area contributed by atoms with Gasteiger partial charge in [-0.25, -0.2) is 4.39 Å². The van der Waals surface area contributed by atoms with E-state index in [4.69, 9.17) is 11.6 Å². The predicted molar refractivity (Wildman–Crippen MR) is 55.0 cm³/mol. The number of carbonyl (C=O) groups excluding carboxylic acids is 1. The van der Waals surface area contributed by atoms with Crippen molar-refractivity contribution < 1.29 is 9.18 Å². The molecule has 0 fully saturated rings. The van der Waals surface area contributed by atoms with Crippen LogP contribution in [-0.2, 0) is 11.2 Å². The van der Waals surface area contributed by atoms with Gasteiger partial charge in [0, 0.05) is 10.9 Å². The molecule has 0 aliphatic carbocycles. The van der Waals surface area contributed by atoms with Crippen LogP contribution in [0.15, 0.2) is 18.2 Å². The first-order chi connectivity index (χ1) is 6.63. The topological polar surface area (TPSA) is 17.1 Å². The molecule has 0 saturated carbocycles. The van der Waals surface area contributed by atoms with Gasteiger partial charge >= 0.3 is 0 Å². The Kier molecular flexibility index (Phi) is 4.08. The van der Waals surface area contributed by atoms with Gasteiger partial charge in [-0.3, -0.25) is 0 Å². The van der Waals surface area contributed by atoms with E-state index in [1.54, 1.807) is 6.07 Å². The average Bonchev–Trinajstić information content (AvgIpc) is 2.19. The lowest BCUT2D eigenvalue weighted by molar-refractivity contribution is -0.110. The van der Waals surface area contributed by atoms with Gasteiger partial charge < -0.3 is 4.79 Å². The molecule has 0 radical (unpaired) electrons. The molecular formula is C11H12ClFO. The van der Waals surface area contributed by atoms with Gasteiger partial charge in [0.2, 0.25) is 0 Å². The van der Waals surface area contributed by atoms with Crippen LogP contribution in [0.1, 0.15) is 18.9 Å². The fourth-order valence-corrected chi connectivity index (χ4v) is 1.38. The molecule has 0 spiro atoms. The molecule has 0 saturated heterocycles. The van der Waals surface area contributed by atoms with Crippen LogP contribution in [0.4, 0.5) is 4.39 Å². The number of hydrogen-bond acceptors (Lipinski definition) is 1. The van der Waals surface area contributed by atoms with Crippen molar-refractivity contribution in [2.45, 2.75) is 19.8 Å². The molecule has 1 unspecified atom stereocenters. The van der Waals surface area contributed by atoms with E-state index in [9.17, 15) is 9.18 Å². The molecule has 0 aromatic heterocycles. The molecular weight excluding hydrogens is 203 g/mol. The van der Waals surface area contributed by atoms with Crippen LogP contribution in [-0.4, -0.2) is 6.29 Å². The lowest BCUT2D eigenvalue weighted by atomic mass is 10.0. The van der Waals surface area contributed by atoms with Gasteiger partial charge in [-0.1, -0.05) is 18.5 Å². The number of carbonyl (C=O) groups is 1. The third kappa shape index (κ3) is 3.11. The average molecular weight is 215 g/mol. The van der Waals surface area contributed by atoms with E-state index in [0.717, 1.165) is 6.29 Å². The van der Waals surface area contributed by atoms with Crippen molar-refractivity contribution in [2.24, 2.45) is 5.92 Å². The number of aryl methyl sites for hydroxylation is 1. The molecule has 0 N–H and O–H groups in total. The highest BCUT2D eigenvalue weighted by molar-refractivity contribution is 6.30. The van der Waals surface area contributed by atoms with Crippen LogP contribution in [0.25, 0.3) is 0 Å². The van der Waals surface area contributed by atoms with E-state index in [0.29, 0.717) is 23.4 Å². The van der Waals surface area contributed by atoms with Crippen molar-refractivity contribution in [1.29, 1.82) is 0 Å². The van der Waals surface area contributed by atoms with Crippen LogP contribution in [0.2, 0.25) is 5.02 Å². The van der Waals surface area contributed by atoms with E-state index in [-0.39, 0.29) is 11.7 Å². The van der Waals surface area contributed by atoms with Gasteiger partial charge in [-0.2, -0.15) is 0 Å². The molecule has 0 aliphatic heterocycles. The zero-order valence-electron chi connectivity index (χ0n) is 7.97. The molecule has 3 heteroatoms. The summed E-state index contributed by atoms with van der Waals surface area (Å²) < 4.78 is 13.2. The molecule has 1 aromatic carbocycles. The van der Waals surface area contributed by atoms with Gasteiger partial charge in [0.05, 0.1) is 0 Å². The van der Waals surface area contributed by atoms with Gasteiger partial charge in [-0.05, 0) is 36.6 Å². The molecule has 0 amide bonds. The van der Waals surface area contributed by atoms with Crippen LogP contribution < -0.4 is 0 Å². The normalized spacial score (nSPS) is 12.5. The van der Waals surface area contributed by atoms with Crippen LogP contribution in [0.3, 0.4) is 0 Å². The Labute approximate surface area is 87.9 Å². The third-order valence-electron chi connectivity index (χ3n) is 2.11. The highest BCUT2D eigenvalue weighted by Crippen LogP contribution is 2.17. The van der Waals surface area contributed by atoms with Gasteiger partial charge in [-0.15, -0.1) is 0 Å². The van der Waals surface area contributed by atoms with E-state index in [2.05, 4.69) is 0 Å². The highest BCUT2D eigenvalue weighted by Gasteiger charge is 2.05. The van der Waals surface area contributed by atoms with Crippen LogP contribution >= 0.6 is 11.6 Å². The molecule has 0 aliphatic rings. The minimum atomic E-state index is -0.257. The molecule has 0 heterocycles. The van der Waals surface area contributed by atoms with Gasteiger partial charge in [0.15, 0.2) is 0 Å². The maximum atomic E-state index is 13.2. The molecule has 0 bridgehead atoms. The Balaban J connectivity index is 2.66. The maximum Gasteiger partial charge on any atom is 0.126 e. The smallest absolute Gasteiger partial charge is 0.126 e. The summed E-state index contributed by atoms with van der Waals surface area (Å²) in [6.45, 7) is 1.81. The summed E-state index contributed by atoms with van der Waals surface area (Å²) in [6.07, 6.45) is 2.08. The zero-order chi connectivity index (χ0) is 10.6. The monoisotopic (exact) mass is 214 g/mol. The second-order valence-corrected chi connectivity index (χ2v) is 3.82. The fourth-order valence-electron chi connectivity index (χ4n) is 1.19. The van der Waals surface area contributed by atoms with Crippen molar-refractivity contribution in [3.8, 4) is 0 Å². The summed E-state index contributed by atoms with van der Waals surface area (Å²) in [7, 11) is 0. The van der Waals surface area contributed by atoms with E-state index in [1.807, 2.05) is 6.92 Å². The summed E-state index contributed by atoms with van der Waals surface area (Å²) >= 11 is 5.73. The number of benzene rings is 1. The molecule has 1 atom stereocenters. The summed E-state index contributed by atoms with van der Waals surface area (Å²) in [6, 6.07) is 4.47. The van der Waals surface area contributed by atoms with Gasteiger partial charge in [0.1, 0.15) is 12.1 Å². The Morgan fingerprint density at radius 2 is 2.29 bits per heavy atom. The number of aldehydes is 1. The van der Waals surface area contributed by atoms with Crippen molar-refractivity contribution >= 4 is 17.9 Å². The Hall–Kier alpha value is -0.890. The predicted octanol–water partition coefficient (Wildman–Crippen LogP) is 3.25. The van der Waals surface area contributed by atoms with E-state index < -0.39 is 0 Å². The standard InChI is InChI=1S/C11H12ClFO/c1-8(7-14)2-3-9-6-10(12)4-5-11(9)13/h4-8H,2-3H2,1H3. The first-order valence-corrected chi connectivity index (χ1v) is 4.90. The second-order valence-electron chi connectivity index (χ2n) is 3.39. The van der Waals surface area contributed by atoms with E-state index in [1.165, 1.54) is 12.1 Å². The van der Waals surface area contributed by atoms with Crippen molar-refractivity contribution in [2.75, 3.05) is 0 Å². The Morgan fingerprint density at radius 3 is 2.93 bits per heavy atom. The molecule has 14 heavy (non-hydrogen) atoms. The minimum absolute atomic E-state index is 0.0339. The van der Waals surface area contributed by atoms with Crippen molar-refractivity contribution in [1.82, 2.24) is 0 Å². The second kappa shape index (κ2) is 5.11. The first kappa shape index (κ1) is 11.2. The minimum Gasteiger partial charge on any atom is -0.303 e. The highest BCUT2D eigenvalue weighted by atomic mass is 35.5. The van der Waals surface area contributed by atoms with Crippen LogP contribution in [0, 0.1) is 11.7 Å². The summed E-state index contributed by atoms with van der Waals surface area (Å²) in [5, 5.41) is 0.528.